The normalized spacial score (nSPS) is 11.1. The van der Waals surface area contributed by atoms with Crippen LogP contribution in [-0.4, -0.2) is 18.0 Å². The van der Waals surface area contributed by atoms with Crippen LogP contribution in [0.4, 0.5) is 0 Å². The van der Waals surface area contributed by atoms with Gasteiger partial charge < -0.3 is 0 Å². The molecule has 0 aliphatic carbocycles. The summed E-state index contributed by atoms with van der Waals surface area (Å²) in [5, 5.41) is 0. The summed E-state index contributed by atoms with van der Waals surface area (Å²) >= 11 is 0. The Bertz CT molecular complexity index is 317. The van der Waals surface area contributed by atoms with E-state index in [1.165, 1.54) is 29.7 Å². The first-order chi connectivity index (χ1) is 7.71. The second kappa shape index (κ2) is 6.70. The quantitative estimate of drug-likeness (QED) is 0.703. The van der Waals surface area contributed by atoms with E-state index < -0.39 is 0 Å². The molecule has 0 aliphatic heterocycles. The predicted molar refractivity (Wildman–Crippen MR) is 71.8 cm³/mol. The lowest BCUT2D eigenvalue weighted by Crippen LogP contribution is -2.23. The summed E-state index contributed by atoms with van der Waals surface area (Å²) in [7, 11) is 0. The fraction of sp³-hybridized carbons (Fsp3) is 0.600. The number of benzene rings is 1. The first kappa shape index (κ1) is 13.2. The van der Waals surface area contributed by atoms with Crippen molar-refractivity contribution in [2.24, 2.45) is 0 Å². The van der Waals surface area contributed by atoms with E-state index in [1.807, 2.05) is 0 Å². The van der Waals surface area contributed by atoms with Gasteiger partial charge in [0.15, 0.2) is 0 Å². The summed E-state index contributed by atoms with van der Waals surface area (Å²) in [6.07, 6.45) is 2.37. The lowest BCUT2D eigenvalue weighted by atomic mass is 10.0. The highest BCUT2D eigenvalue weighted by atomic mass is 15.1. The number of hydrogen-bond donors (Lipinski definition) is 0. The van der Waals surface area contributed by atoms with Crippen molar-refractivity contribution < 1.29 is 0 Å². The Morgan fingerprint density at radius 3 is 2.44 bits per heavy atom. The van der Waals surface area contributed by atoms with Gasteiger partial charge in [-0.2, -0.15) is 0 Å². The van der Waals surface area contributed by atoms with Gasteiger partial charge >= 0.3 is 0 Å². The Kier molecular flexibility index (Phi) is 5.54. The minimum atomic E-state index is 1.09. The summed E-state index contributed by atoms with van der Waals surface area (Å²) in [4.78, 5) is 2.50. The van der Waals surface area contributed by atoms with Gasteiger partial charge in [0.2, 0.25) is 0 Å². The second-order valence-electron chi connectivity index (χ2n) is 4.48. The van der Waals surface area contributed by atoms with E-state index in [0.717, 1.165) is 19.5 Å². The molecule has 1 heteroatoms. The molecule has 0 spiro atoms. The first-order valence-corrected chi connectivity index (χ1v) is 6.52. The maximum Gasteiger partial charge on any atom is 0.0233 e. The highest BCUT2D eigenvalue weighted by Gasteiger charge is 2.04. The summed E-state index contributed by atoms with van der Waals surface area (Å²) in [6, 6.07) is 6.90. The van der Waals surface area contributed by atoms with Gasteiger partial charge in [0.05, 0.1) is 0 Å². The Labute approximate surface area is 100 Å². The Hall–Kier alpha value is -0.820. The van der Waals surface area contributed by atoms with Crippen molar-refractivity contribution in [1.82, 2.24) is 4.90 Å². The molecule has 0 heterocycles. The predicted octanol–water partition coefficient (Wildman–Crippen LogP) is 3.79. The molecule has 0 aromatic heterocycles. The molecular weight excluding hydrogens is 194 g/mol. The highest BCUT2D eigenvalue weighted by molar-refractivity contribution is 5.31. The van der Waals surface area contributed by atoms with E-state index in [0.29, 0.717) is 0 Å². The summed E-state index contributed by atoms with van der Waals surface area (Å²) in [6.45, 7) is 12.4. The van der Waals surface area contributed by atoms with Crippen molar-refractivity contribution in [2.75, 3.05) is 13.1 Å². The lowest BCUT2D eigenvalue weighted by molar-refractivity contribution is 0.280. The standard InChI is InChI=1S/C15H25N/c1-5-10-16(7-3)12-14-9-8-13(4)15(6-2)11-14/h8-9,11H,5-7,10,12H2,1-4H3. The maximum absolute atomic E-state index is 2.50. The van der Waals surface area contributed by atoms with Crippen LogP contribution in [0, 0.1) is 6.92 Å². The third-order valence-electron chi connectivity index (χ3n) is 3.19. The number of rotatable bonds is 6. The molecule has 0 aliphatic rings. The zero-order valence-corrected chi connectivity index (χ0v) is 11.2. The topological polar surface area (TPSA) is 3.24 Å². The molecule has 0 saturated heterocycles. The molecule has 0 N–H and O–H groups in total. The molecule has 1 aromatic rings. The molecule has 0 unspecified atom stereocenters. The van der Waals surface area contributed by atoms with Crippen LogP contribution in [0.15, 0.2) is 18.2 Å². The monoisotopic (exact) mass is 219 g/mol. The largest absolute Gasteiger partial charge is 0.299 e. The van der Waals surface area contributed by atoms with Crippen molar-refractivity contribution >= 4 is 0 Å². The summed E-state index contributed by atoms with van der Waals surface area (Å²) < 4.78 is 0. The van der Waals surface area contributed by atoms with Crippen molar-refractivity contribution in [3.63, 3.8) is 0 Å². The van der Waals surface area contributed by atoms with E-state index in [4.69, 9.17) is 0 Å². The first-order valence-electron chi connectivity index (χ1n) is 6.52. The summed E-state index contributed by atoms with van der Waals surface area (Å²) in [5.74, 6) is 0. The molecule has 0 atom stereocenters. The van der Waals surface area contributed by atoms with Crippen LogP contribution in [0.1, 0.15) is 43.9 Å². The molecule has 0 saturated carbocycles. The molecule has 1 rings (SSSR count). The van der Waals surface area contributed by atoms with Crippen molar-refractivity contribution in [3.8, 4) is 0 Å². The molecule has 0 bridgehead atoms. The second-order valence-corrected chi connectivity index (χ2v) is 4.48. The van der Waals surface area contributed by atoms with E-state index in [1.54, 1.807) is 0 Å². The molecular formula is C15H25N. The van der Waals surface area contributed by atoms with Crippen molar-refractivity contribution in [3.05, 3.63) is 34.9 Å². The fourth-order valence-corrected chi connectivity index (χ4v) is 2.13. The van der Waals surface area contributed by atoms with Gasteiger partial charge in [-0.3, -0.25) is 4.90 Å². The van der Waals surface area contributed by atoms with Crippen LogP contribution < -0.4 is 0 Å². The third kappa shape index (κ3) is 3.64. The lowest BCUT2D eigenvalue weighted by Gasteiger charge is -2.20. The Morgan fingerprint density at radius 1 is 1.12 bits per heavy atom. The Balaban J connectivity index is 2.72. The number of nitrogens with zero attached hydrogens (tertiary/aromatic N) is 1. The van der Waals surface area contributed by atoms with Crippen LogP contribution in [0.5, 0.6) is 0 Å². The van der Waals surface area contributed by atoms with Crippen LogP contribution in [0.2, 0.25) is 0 Å². The minimum absolute atomic E-state index is 1.09. The van der Waals surface area contributed by atoms with Gasteiger partial charge in [-0.1, -0.05) is 39.0 Å². The Morgan fingerprint density at radius 2 is 1.88 bits per heavy atom. The molecule has 1 nitrogen and oxygen atoms in total. The smallest absolute Gasteiger partial charge is 0.0233 e. The molecule has 1 aromatic carbocycles. The number of hydrogen-bond acceptors (Lipinski definition) is 1. The third-order valence-corrected chi connectivity index (χ3v) is 3.19. The van der Waals surface area contributed by atoms with Crippen LogP contribution >= 0.6 is 0 Å². The van der Waals surface area contributed by atoms with Gasteiger partial charge in [-0.05, 0) is 49.5 Å². The van der Waals surface area contributed by atoms with E-state index in [9.17, 15) is 0 Å². The maximum atomic E-state index is 2.50. The van der Waals surface area contributed by atoms with Gasteiger partial charge in [-0.15, -0.1) is 0 Å². The fourth-order valence-electron chi connectivity index (χ4n) is 2.13. The minimum Gasteiger partial charge on any atom is -0.299 e. The average Bonchev–Trinajstić information content (AvgIpc) is 2.30. The zero-order valence-electron chi connectivity index (χ0n) is 11.2. The zero-order chi connectivity index (χ0) is 12.0. The van der Waals surface area contributed by atoms with Crippen LogP contribution in [0.25, 0.3) is 0 Å². The molecule has 16 heavy (non-hydrogen) atoms. The van der Waals surface area contributed by atoms with Crippen LogP contribution in [-0.2, 0) is 13.0 Å². The van der Waals surface area contributed by atoms with E-state index >= 15 is 0 Å². The number of aryl methyl sites for hydroxylation is 2. The molecule has 0 radical (unpaired) electrons. The molecule has 0 amide bonds. The van der Waals surface area contributed by atoms with E-state index in [-0.39, 0.29) is 0 Å². The summed E-state index contributed by atoms with van der Waals surface area (Å²) in [5.41, 5.74) is 4.37. The van der Waals surface area contributed by atoms with Gasteiger partial charge in [0, 0.05) is 6.54 Å². The van der Waals surface area contributed by atoms with Gasteiger partial charge in [0.25, 0.3) is 0 Å². The van der Waals surface area contributed by atoms with E-state index in [2.05, 4.69) is 50.8 Å². The van der Waals surface area contributed by atoms with Crippen molar-refractivity contribution in [2.45, 2.75) is 47.1 Å². The molecule has 0 fully saturated rings. The average molecular weight is 219 g/mol. The molecule has 90 valence electrons. The highest BCUT2D eigenvalue weighted by Crippen LogP contribution is 2.13. The van der Waals surface area contributed by atoms with Crippen LogP contribution in [0.3, 0.4) is 0 Å². The SMILES string of the molecule is CCCN(CC)Cc1ccc(C)c(CC)c1. The van der Waals surface area contributed by atoms with Gasteiger partial charge in [-0.25, -0.2) is 0 Å². The van der Waals surface area contributed by atoms with Crippen molar-refractivity contribution in [1.29, 1.82) is 0 Å². The van der Waals surface area contributed by atoms with Gasteiger partial charge in [0.1, 0.15) is 0 Å².